The van der Waals surface area contributed by atoms with Crippen LogP contribution in [0.2, 0.25) is 0 Å². The first-order chi connectivity index (χ1) is 17.1. The SMILES string of the molecule is CCc1cccc(-c2cnc(C(=O)O)c(NC(=O)CN(Cc3ccccc3)C(=O)OC(C)(C)C)c2)c1. The van der Waals surface area contributed by atoms with E-state index in [1.807, 2.05) is 61.5 Å². The molecule has 0 spiro atoms. The summed E-state index contributed by atoms with van der Waals surface area (Å²) in [5, 5.41) is 12.2. The van der Waals surface area contributed by atoms with Gasteiger partial charge >= 0.3 is 12.1 Å². The molecule has 0 atom stereocenters. The Bertz CT molecular complexity index is 1240. The Morgan fingerprint density at radius 3 is 2.31 bits per heavy atom. The van der Waals surface area contributed by atoms with Crippen molar-refractivity contribution in [1.29, 1.82) is 0 Å². The number of amides is 2. The monoisotopic (exact) mass is 489 g/mol. The first-order valence-electron chi connectivity index (χ1n) is 11.7. The number of carboxylic acid groups (broad SMARTS) is 1. The van der Waals surface area contributed by atoms with Crippen LogP contribution >= 0.6 is 0 Å². The summed E-state index contributed by atoms with van der Waals surface area (Å²) in [6, 6.07) is 18.6. The zero-order valence-electron chi connectivity index (χ0n) is 20.9. The number of aromatic nitrogens is 1. The molecule has 0 aliphatic heterocycles. The van der Waals surface area contributed by atoms with E-state index in [1.165, 1.54) is 11.1 Å². The van der Waals surface area contributed by atoms with E-state index in [-0.39, 0.29) is 24.5 Å². The van der Waals surface area contributed by atoms with Gasteiger partial charge in [0.05, 0.1) is 5.69 Å². The Morgan fingerprint density at radius 1 is 0.972 bits per heavy atom. The van der Waals surface area contributed by atoms with E-state index in [2.05, 4.69) is 10.3 Å². The summed E-state index contributed by atoms with van der Waals surface area (Å²) in [7, 11) is 0. The van der Waals surface area contributed by atoms with Crippen LogP contribution in [0.5, 0.6) is 0 Å². The molecular formula is C28H31N3O5. The summed E-state index contributed by atoms with van der Waals surface area (Å²) >= 11 is 0. The summed E-state index contributed by atoms with van der Waals surface area (Å²) in [5.41, 5.74) is 2.48. The predicted molar refractivity (Wildman–Crippen MR) is 138 cm³/mol. The number of benzene rings is 2. The standard InChI is InChI=1S/C28H31N3O5/c1-5-19-12-9-13-21(14-19)22-15-23(25(26(33)34)29-16-22)30-24(32)18-31(27(35)36-28(2,3)4)17-20-10-7-6-8-11-20/h6-16H,5,17-18H2,1-4H3,(H,30,32)(H,33,34). The Morgan fingerprint density at radius 2 is 1.67 bits per heavy atom. The van der Waals surface area contributed by atoms with Crippen LogP contribution in [0.3, 0.4) is 0 Å². The molecule has 3 aromatic rings. The molecule has 0 radical (unpaired) electrons. The number of nitrogens with zero attached hydrogens (tertiary/aromatic N) is 2. The van der Waals surface area contributed by atoms with Crippen molar-refractivity contribution >= 4 is 23.7 Å². The van der Waals surface area contributed by atoms with Crippen molar-refractivity contribution in [2.45, 2.75) is 46.3 Å². The van der Waals surface area contributed by atoms with Gasteiger partial charge in [-0.05, 0) is 49.9 Å². The van der Waals surface area contributed by atoms with Crippen LogP contribution in [0.25, 0.3) is 11.1 Å². The molecule has 2 N–H and O–H groups in total. The molecular weight excluding hydrogens is 458 g/mol. The van der Waals surface area contributed by atoms with Crippen LogP contribution in [0.1, 0.15) is 49.3 Å². The average molecular weight is 490 g/mol. The van der Waals surface area contributed by atoms with Gasteiger partial charge in [0, 0.05) is 18.3 Å². The summed E-state index contributed by atoms with van der Waals surface area (Å²) in [4.78, 5) is 43.0. The molecule has 2 amide bonds. The van der Waals surface area contributed by atoms with Crippen molar-refractivity contribution < 1.29 is 24.2 Å². The average Bonchev–Trinajstić information content (AvgIpc) is 2.83. The van der Waals surface area contributed by atoms with E-state index in [0.29, 0.717) is 5.56 Å². The van der Waals surface area contributed by atoms with Crippen molar-refractivity contribution in [3.05, 3.63) is 83.7 Å². The van der Waals surface area contributed by atoms with Crippen molar-refractivity contribution in [2.24, 2.45) is 0 Å². The van der Waals surface area contributed by atoms with Gasteiger partial charge in [0.15, 0.2) is 5.69 Å². The molecule has 8 heteroatoms. The number of hydrogen-bond acceptors (Lipinski definition) is 5. The second kappa shape index (κ2) is 11.5. The van der Waals surface area contributed by atoms with Crippen LogP contribution in [-0.2, 0) is 22.5 Å². The number of pyridine rings is 1. The van der Waals surface area contributed by atoms with Crippen LogP contribution < -0.4 is 5.32 Å². The van der Waals surface area contributed by atoms with E-state index in [4.69, 9.17) is 4.74 Å². The molecule has 3 rings (SSSR count). The number of carbonyl (C=O) groups is 3. The van der Waals surface area contributed by atoms with E-state index in [1.54, 1.807) is 26.8 Å². The Hall–Kier alpha value is -4.20. The smallest absolute Gasteiger partial charge is 0.411 e. The third-order valence-corrected chi connectivity index (χ3v) is 5.24. The lowest BCUT2D eigenvalue weighted by atomic mass is 10.0. The topological polar surface area (TPSA) is 109 Å². The van der Waals surface area contributed by atoms with Crippen molar-refractivity contribution in [1.82, 2.24) is 9.88 Å². The first kappa shape index (κ1) is 26.4. The lowest BCUT2D eigenvalue weighted by molar-refractivity contribution is -0.117. The Kier molecular flexibility index (Phi) is 8.42. The fourth-order valence-corrected chi connectivity index (χ4v) is 3.54. The van der Waals surface area contributed by atoms with Gasteiger partial charge in [-0.3, -0.25) is 9.69 Å². The third-order valence-electron chi connectivity index (χ3n) is 5.24. The van der Waals surface area contributed by atoms with Crippen LogP contribution in [0.4, 0.5) is 10.5 Å². The minimum absolute atomic E-state index is 0.0516. The highest BCUT2D eigenvalue weighted by Crippen LogP contribution is 2.25. The second-order valence-electron chi connectivity index (χ2n) is 9.35. The number of anilines is 1. The maximum atomic E-state index is 13.0. The van der Waals surface area contributed by atoms with Gasteiger partial charge in [0.25, 0.3) is 0 Å². The Labute approximate surface area is 210 Å². The van der Waals surface area contributed by atoms with Crippen molar-refractivity contribution in [2.75, 3.05) is 11.9 Å². The van der Waals surface area contributed by atoms with Gasteiger partial charge in [-0.2, -0.15) is 0 Å². The van der Waals surface area contributed by atoms with Crippen LogP contribution in [-0.4, -0.2) is 45.1 Å². The van der Waals surface area contributed by atoms with E-state index < -0.39 is 23.6 Å². The highest BCUT2D eigenvalue weighted by Gasteiger charge is 2.25. The van der Waals surface area contributed by atoms with Gasteiger partial charge in [0.2, 0.25) is 5.91 Å². The van der Waals surface area contributed by atoms with Gasteiger partial charge in [-0.15, -0.1) is 0 Å². The van der Waals surface area contributed by atoms with Gasteiger partial charge in [-0.25, -0.2) is 14.6 Å². The highest BCUT2D eigenvalue weighted by molar-refractivity contribution is 6.01. The molecule has 2 aromatic carbocycles. The number of aryl methyl sites for hydroxylation is 1. The van der Waals surface area contributed by atoms with E-state index in [0.717, 1.165) is 23.1 Å². The lowest BCUT2D eigenvalue weighted by Gasteiger charge is -2.27. The first-order valence-corrected chi connectivity index (χ1v) is 11.7. The van der Waals surface area contributed by atoms with E-state index in [9.17, 15) is 19.5 Å². The van der Waals surface area contributed by atoms with Crippen molar-refractivity contribution in [3.8, 4) is 11.1 Å². The minimum Gasteiger partial charge on any atom is -0.476 e. The molecule has 1 heterocycles. The molecule has 0 fully saturated rings. The molecule has 8 nitrogen and oxygen atoms in total. The Balaban J connectivity index is 1.86. The zero-order valence-corrected chi connectivity index (χ0v) is 20.9. The van der Waals surface area contributed by atoms with Crippen molar-refractivity contribution in [3.63, 3.8) is 0 Å². The molecule has 0 saturated heterocycles. The minimum atomic E-state index is -1.27. The molecule has 0 aliphatic rings. The predicted octanol–water partition coefficient (Wildman–Crippen LogP) is 5.39. The molecule has 0 unspecified atom stereocenters. The largest absolute Gasteiger partial charge is 0.476 e. The third kappa shape index (κ3) is 7.40. The van der Waals surface area contributed by atoms with Crippen LogP contribution in [0.15, 0.2) is 66.9 Å². The number of rotatable bonds is 8. The molecule has 188 valence electrons. The zero-order chi connectivity index (χ0) is 26.3. The van der Waals surface area contributed by atoms with Gasteiger partial charge < -0.3 is 15.2 Å². The summed E-state index contributed by atoms with van der Waals surface area (Å²) in [6.07, 6.45) is 1.67. The number of carboxylic acids is 1. The summed E-state index contributed by atoms with van der Waals surface area (Å²) in [5.74, 6) is -1.84. The molecule has 0 bridgehead atoms. The molecule has 1 aromatic heterocycles. The summed E-state index contributed by atoms with van der Waals surface area (Å²) in [6.45, 7) is 7.10. The maximum absolute atomic E-state index is 13.0. The summed E-state index contributed by atoms with van der Waals surface area (Å²) < 4.78 is 5.48. The van der Waals surface area contributed by atoms with Gasteiger partial charge in [-0.1, -0.05) is 61.5 Å². The molecule has 0 saturated carbocycles. The van der Waals surface area contributed by atoms with Gasteiger partial charge in [0.1, 0.15) is 12.1 Å². The number of nitrogens with one attached hydrogen (secondary N) is 1. The number of ether oxygens (including phenoxy) is 1. The fraction of sp³-hybridized carbons (Fsp3) is 0.286. The highest BCUT2D eigenvalue weighted by atomic mass is 16.6. The lowest BCUT2D eigenvalue weighted by Crippen LogP contribution is -2.41. The second-order valence-corrected chi connectivity index (χ2v) is 9.35. The molecule has 36 heavy (non-hydrogen) atoms. The normalized spacial score (nSPS) is 11.0. The maximum Gasteiger partial charge on any atom is 0.411 e. The molecule has 0 aliphatic carbocycles. The van der Waals surface area contributed by atoms with Crippen LogP contribution in [0, 0.1) is 0 Å². The number of hydrogen-bond donors (Lipinski definition) is 2. The fourth-order valence-electron chi connectivity index (χ4n) is 3.54. The number of aromatic carboxylic acids is 1. The quantitative estimate of drug-likeness (QED) is 0.439. The van der Waals surface area contributed by atoms with E-state index >= 15 is 0 Å². The number of carbonyl (C=O) groups excluding carboxylic acids is 2.